The van der Waals surface area contributed by atoms with E-state index >= 15 is 0 Å². The smallest absolute Gasteiger partial charge is 0.117 e. The van der Waals surface area contributed by atoms with Gasteiger partial charge in [-0.3, -0.25) is 0 Å². The van der Waals surface area contributed by atoms with Crippen molar-refractivity contribution in [3.8, 4) is 0 Å². The first-order chi connectivity index (χ1) is 3.00. The maximum absolute atomic E-state index is 4.47. The van der Waals surface area contributed by atoms with Gasteiger partial charge in [-0.15, -0.1) is 0 Å². The molecule has 0 spiro atoms. The zero-order chi connectivity index (χ0) is 4.24. The molecular formula is C3H3CuNOS. The zero-order valence-electron chi connectivity index (χ0n) is 3.30. The number of oxime groups is 1. The minimum Gasteiger partial charge on any atom is -0.318 e. The van der Waals surface area contributed by atoms with Gasteiger partial charge in [0, 0.05) is 22.5 Å². The summed E-state index contributed by atoms with van der Waals surface area (Å²) in [6.07, 6.45) is 3.41. The molecule has 0 bridgehead atoms. The van der Waals surface area contributed by atoms with Crippen LogP contribution in [0, 0.1) is 0 Å². The molecule has 1 aliphatic rings. The van der Waals surface area contributed by atoms with E-state index in [1.165, 1.54) is 12.0 Å². The second-order valence-corrected chi connectivity index (χ2v) is 1.37. The Hall–Kier alpha value is 0.0795. The van der Waals surface area contributed by atoms with Crippen LogP contribution in [0.1, 0.15) is 0 Å². The summed E-state index contributed by atoms with van der Waals surface area (Å²) >= 11 is 1.22. The Bertz CT molecular complexity index is 80.9. The third kappa shape index (κ3) is 2.74. The van der Waals surface area contributed by atoms with E-state index < -0.39 is 0 Å². The third-order valence-corrected chi connectivity index (χ3v) is 0.807. The molecular weight excluding hydrogens is 162 g/mol. The molecule has 4 heteroatoms. The number of hydrogen-bond acceptors (Lipinski definition) is 3. The van der Waals surface area contributed by atoms with Crippen molar-refractivity contribution in [2.24, 2.45) is 5.16 Å². The van der Waals surface area contributed by atoms with Crippen molar-refractivity contribution in [2.75, 3.05) is 0 Å². The third-order valence-electron chi connectivity index (χ3n) is 0.367. The van der Waals surface area contributed by atoms with Crippen LogP contribution < -0.4 is 0 Å². The van der Waals surface area contributed by atoms with E-state index in [9.17, 15) is 0 Å². The fourth-order valence-electron chi connectivity index (χ4n) is 0.177. The van der Waals surface area contributed by atoms with Gasteiger partial charge in [0.05, 0.1) is 6.21 Å². The predicted octanol–water partition coefficient (Wildman–Crippen LogP) is 1.16. The van der Waals surface area contributed by atoms with Crippen molar-refractivity contribution in [1.82, 2.24) is 0 Å². The van der Waals surface area contributed by atoms with Gasteiger partial charge in [0.15, 0.2) is 0 Å². The summed E-state index contributed by atoms with van der Waals surface area (Å²) in [4.78, 5) is 0. The fraction of sp³-hybridized carbons (Fsp3) is 0. The van der Waals surface area contributed by atoms with Gasteiger partial charge in [-0.05, 0) is 6.08 Å². The van der Waals surface area contributed by atoms with Gasteiger partial charge in [-0.25, -0.2) is 0 Å². The Balaban J connectivity index is 0.000000360. The molecule has 0 unspecified atom stereocenters. The quantitative estimate of drug-likeness (QED) is 0.396. The maximum atomic E-state index is 4.47. The van der Waals surface area contributed by atoms with E-state index in [0.717, 1.165) is 0 Å². The molecule has 43 valence electrons. The Kier molecular flexibility index (Phi) is 4.29. The van der Waals surface area contributed by atoms with Crippen molar-refractivity contribution in [3.63, 3.8) is 0 Å². The zero-order valence-corrected chi connectivity index (χ0v) is 5.06. The van der Waals surface area contributed by atoms with E-state index in [0.29, 0.717) is 0 Å². The monoisotopic (exact) mass is 164 g/mol. The molecule has 7 heavy (non-hydrogen) atoms. The topological polar surface area (TPSA) is 21.6 Å². The van der Waals surface area contributed by atoms with Crippen LogP contribution in [-0.2, 0) is 21.4 Å². The standard InChI is InChI=1S/C3H3NOS.Cu/c1-2-4-5-6-3-1;/h1-3H;. The Morgan fingerprint density at radius 3 is 2.57 bits per heavy atom. The molecule has 0 aliphatic carbocycles. The van der Waals surface area contributed by atoms with Crippen molar-refractivity contribution >= 4 is 18.3 Å². The van der Waals surface area contributed by atoms with Crippen LogP contribution in [0.3, 0.4) is 0 Å². The molecule has 1 radical (unpaired) electrons. The van der Waals surface area contributed by atoms with E-state index in [2.05, 4.69) is 9.44 Å². The molecule has 1 rings (SSSR count). The molecule has 1 heterocycles. The van der Waals surface area contributed by atoms with Crippen molar-refractivity contribution in [3.05, 3.63) is 11.5 Å². The van der Waals surface area contributed by atoms with Gasteiger partial charge in [-0.2, -0.15) is 0 Å². The molecule has 0 aromatic carbocycles. The van der Waals surface area contributed by atoms with Crippen molar-refractivity contribution in [1.29, 1.82) is 0 Å². The average Bonchev–Trinajstić information content (AvgIpc) is 1.72. The number of hydrogen-bond donors (Lipinski definition) is 0. The average molecular weight is 165 g/mol. The summed E-state index contributed by atoms with van der Waals surface area (Å²) in [6, 6.07) is 0. The van der Waals surface area contributed by atoms with E-state index in [-0.39, 0.29) is 17.1 Å². The number of rotatable bonds is 0. The summed E-state index contributed by atoms with van der Waals surface area (Å²) in [6.45, 7) is 0. The van der Waals surface area contributed by atoms with Crippen LogP contribution >= 0.6 is 12.0 Å². The van der Waals surface area contributed by atoms with Crippen LogP contribution in [-0.4, -0.2) is 6.21 Å². The summed E-state index contributed by atoms with van der Waals surface area (Å²) in [7, 11) is 0. The van der Waals surface area contributed by atoms with E-state index in [1.807, 2.05) is 11.5 Å². The Morgan fingerprint density at radius 1 is 1.57 bits per heavy atom. The first kappa shape index (κ1) is 7.08. The molecule has 0 atom stereocenters. The van der Waals surface area contributed by atoms with E-state index in [4.69, 9.17) is 0 Å². The molecule has 0 aromatic rings. The molecule has 1 aliphatic heterocycles. The molecule has 0 amide bonds. The van der Waals surface area contributed by atoms with Gasteiger partial charge >= 0.3 is 0 Å². The molecule has 2 nitrogen and oxygen atoms in total. The maximum Gasteiger partial charge on any atom is 0.117 e. The molecule has 0 aromatic heterocycles. The van der Waals surface area contributed by atoms with Crippen LogP contribution in [0.2, 0.25) is 0 Å². The first-order valence-electron chi connectivity index (χ1n) is 1.51. The summed E-state index contributed by atoms with van der Waals surface area (Å²) in [5.74, 6) is 0. The summed E-state index contributed by atoms with van der Waals surface area (Å²) in [5.41, 5.74) is 0. The summed E-state index contributed by atoms with van der Waals surface area (Å²) < 4.78 is 4.47. The number of nitrogens with zero attached hydrogens (tertiary/aromatic N) is 1. The van der Waals surface area contributed by atoms with Gasteiger partial charge in [-0.1, -0.05) is 5.16 Å². The van der Waals surface area contributed by atoms with Crippen molar-refractivity contribution < 1.29 is 21.4 Å². The second-order valence-electron chi connectivity index (χ2n) is 0.754. The van der Waals surface area contributed by atoms with Gasteiger partial charge in [0.2, 0.25) is 0 Å². The predicted molar refractivity (Wildman–Crippen MR) is 26.3 cm³/mol. The minimum atomic E-state index is 0. The Morgan fingerprint density at radius 2 is 2.43 bits per heavy atom. The molecule has 0 N–H and O–H groups in total. The van der Waals surface area contributed by atoms with Crippen LogP contribution in [0.25, 0.3) is 0 Å². The largest absolute Gasteiger partial charge is 0.318 e. The molecule has 0 saturated carbocycles. The van der Waals surface area contributed by atoms with Crippen LogP contribution in [0.15, 0.2) is 16.6 Å². The SMILES string of the molecule is C1=CSON=C1.[Cu]. The van der Waals surface area contributed by atoms with Crippen LogP contribution in [0.5, 0.6) is 0 Å². The molecule has 0 saturated heterocycles. The summed E-state index contributed by atoms with van der Waals surface area (Å²) in [5, 5.41) is 5.24. The Labute approximate surface area is 56.7 Å². The normalized spacial score (nSPS) is 14.9. The number of allylic oxidation sites excluding steroid dienone is 1. The molecule has 0 fully saturated rings. The van der Waals surface area contributed by atoms with Gasteiger partial charge in [0.1, 0.15) is 12.0 Å². The first-order valence-corrected chi connectivity index (χ1v) is 2.31. The van der Waals surface area contributed by atoms with Gasteiger partial charge in [0.25, 0.3) is 0 Å². The fourth-order valence-corrected chi connectivity index (χ4v) is 0.460. The van der Waals surface area contributed by atoms with Crippen LogP contribution in [0.4, 0.5) is 0 Å². The van der Waals surface area contributed by atoms with E-state index in [1.54, 1.807) is 6.21 Å². The second kappa shape index (κ2) is 4.24. The van der Waals surface area contributed by atoms with Crippen molar-refractivity contribution in [2.45, 2.75) is 0 Å². The van der Waals surface area contributed by atoms with Gasteiger partial charge < -0.3 is 4.28 Å². The minimum absolute atomic E-state index is 0.